The molecule has 0 atom stereocenters. The van der Waals surface area contributed by atoms with Crippen molar-refractivity contribution < 1.29 is 18.7 Å². The number of nitrogens with one attached hydrogen (secondary N) is 3. The van der Waals surface area contributed by atoms with E-state index in [2.05, 4.69) is 15.4 Å². The molecule has 1 aromatic heterocycles. The van der Waals surface area contributed by atoms with Crippen LogP contribution in [0.25, 0.3) is 0 Å². The SMILES string of the molecule is CNCCOC(=O)N1CCN(c2ccc(Cl)c(C(=N)C(=O)c3coc(N=N)n3)c2)CC1. The van der Waals surface area contributed by atoms with Gasteiger partial charge in [0.25, 0.3) is 0 Å². The molecule has 11 nitrogen and oxygen atoms in total. The maximum Gasteiger partial charge on any atom is 0.409 e. The number of benzene rings is 1. The number of carbonyl (C=O) groups is 2. The number of hydrogen-bond acceptors (Lipinski definition) is 10. The molecular formula is C19H22ClN7O4. The maximum atomic E-state index is 12.6. The summed E-state index contributed by atoms with van der Waals surface area (Å²) < 4.78 is 10.1. The van der Waals surface area contributed by atoms with E-state index in [0.29, 0.717) is 39.3 Å². The Morgan fingerprint density at radius 2 is 2.06 bits per heavy atom. The van der Waals surface area contributed by atoms with Crippen LogP contribution in [0.5, 0.6) is 0 Å². The first kappa shape index (κ1) is 22.4. The van der Waals surface area contributed by atoms with E-state index in [9.17, 15) is 9.59 Å². The minimum Gasteiger partial charge on any atom is -0.448 e. The Bertz CT molecular complexity index is 985. The first-order valence-electron chi connectivity index (χ1n) is 9.52. The van der Waals surface area contributed by atoms with Crippen molar-refractivity contribution in [3.05, 3.63) is 40.7 Å². The van der Waals surface area contributed by atoms with Gasteiger partial charge in [0.05, 0.1) is 5.02 Å². The summed E-state index contributed by atoms with van der Waals surface area (Å²) in [5.41, 5.74) is 7.44. The van der Waals surface area contributed by atoms with Gasteiger partial charge in [0.15, 0.2) is 5.69 Å². The number of carbonyl (C=O) groups excluding carboxylic acids is 2. The molecule has 3 N–H and O–H groups in total. The number of anilines is 1. The molecule has 1 fully saturated rings. The van der Waals surface area contributed by atoms with E-state index in [0.717, 1.165) is 12.0 Å². The summed E-state index contributed by atoms with van der Waals surface area (Å²) in [5, 5.41) is 14.5. The second-order valence-corrected chi connectivity index (χ2v) is 7.09. The number of piperazine rings is 1. The van der Waals surface area contributed by atoms with E-state index in [4.69, 9.17) is 31.7 Å². The number of likely N-dealkylation sites (N-methyl/N-ethyl adjacent to an activating group) is 1. The van der Waals surface area contributed by atoms with Gasteiger partial charge in [0.1, 0.15) is 18.6 Å². The smallest absolute Gasteiger partial charge is 0.409 e. The van der Waals surface area contributed by atoms with Crippen LogP contribution < -0.4 is 10.2 Å². The highest BCUT2D eigenvalue weighted by Gasteiger charge is 2.25. The van der Waals surface area contributed by atoms with E-state index in [-0.39, 0.29) is 34.1 Å². The molecule has 1 aliphatic heterocycles. The zero-order valence-electron chi connectivity index (χ0n) is 16.9. The third-order valence-electron chi connectivity index (χ3n) is 4.75. The van der Waals surface area contributed by atoms with Crippen LogP contribution in [0, 0.1) is 10.9 Å². The number of nitrogens with zero attached hydrogens (tertiary/aromatic N) is 4. The Kier molecular flexibility index (Phi) is 7.32. The average Bonchev–Trinajstić information content (AvgIpc) is 3.28. The second kappa shape index (κ2) is 10.1. The summed E-state index contributed by atoms with van der Waals surface area (Å²) >= 11 is 6.24. The van der Waals surface area contributed by atoms with Crippen molar-refractivity contribution >= 4 is 40.9 Å². The third kappa shape index (κ3) is 5.25. The van der Waals surface area contributed by atoms with Crippen molar-refractivity contribution in [2.75, 3.05) is 51.3 Å². The average molecular weight is 448 g/mol. The van der Waals surface area contributed by atoms with Gasteiger partial charge < -0.3 is 24.3 Å². The summed E-state index contributed by atoms with van der Waals surface area (Å²) in [6.45, 7) is 3.03. The van der Waals surface area contributed by atoms with Crippen molar-refractivity contribution in [1.29, 1.82) is 10.9 Å². The molecule has 164 valence electrons. The lowest BCUT2D eigenvalue weighted by molar-refractivity contribution is 0.101. The number of ether oxygens (including phenoxy) is 1. The van der Waals surface area contributed by atoms with Crippen LogP contribution in [-0.4, -0.2) is 73.9 Å². The zero-order chi connectivity index (χ0) is 22.4. The molecule has 12 heteroatoms. The number of Topliss-reactive ketones (excluding diaryl/α,β-unsaturated/α-hetero) is 1. The fraction of sp³-hybridized carbons (Fsp3) is 0.368. The van der Waals surface area contributed by atoms with Crippen molar-refractivity contribution in [3.63, 3.8) is 0 Å². The second-order valence-electron chi connectivity index (χ2n) is 6.69. The lowest BCUT2D eigenvalue weighted by Gasteiger charge is -2.35. The molecule has 0 radical (unpaired) electrons. The maximum absolute atomic E-state index is 12.6. The standard InChI is InChI=1S/C19H22ClN7O4/c1-23-4-9-30-19(29)27-7-5-26(6-8-27)12-2-3-14(20)13(10-12)16(21)17(28)15-11-31-18(24-15)25-22/h2-3,10-11,21-23H,4-9H2,1H3. The van der Waals surface area contributed by atoms with Crippen molar-refractivity contribution in [2.45, 2.75) is 0 Å². The number of hydrogen-bond donors (Lipinski definition) is 3. The van der Waals surface area contributed by atoms with Crippen LogP contribution >= 0.6 is 11.6 Å². The highest BCUT2D eigenvalue weighted by Crippen LogP contribution is 2.26. The molecular weight excluding hydrogens is 426 g/mol. The molecule has 1 aromatic carbocycles. The van der Waals surface area contributed by atoms with Crippen LogP contribution in [0.4, 0.5) is 16.5 Å². The number of aromatic nitrogens is 1. The van der Waals surface area contributed by atoms with Crippen LogP contribution in [0.3, 0.4) is 0 Å². The van der Waals surface area contributed by atoms with Gasteiger partial charge in [-0.25, -0.2) is 4.79 Å². The predicted molar refractivity (Wildman–Crippen MR) is 113 cm³/mol. The normalized spacial score (nSPS) is 13.7. The van der Waals surface area contributed by atoms with E-state index in [1.54, 1.807) is 30.1 Å². The monoisotopic (exact) mass is 447 g/mol. The molecule has 0 spiro atoms. The minimum atomic E-state index is -0.688. The number of amides is 1. The highest BCUT2D eigenvalue weighted by atomic mass is 35.5. The Balaban J connectivity index is 1.67. The topological polar surface area (TPSA) is 148 Å². The minimum absolute atomic E-state index is 0.122. The summed E-state index contributed by atoms with van der Waals surface area (Å²) in [5.74, 6) is -0.688. The van der Waals surface area contributed by atoms with E-state index in [1.807, 2.05) is 4.90 Å². The van der Waals surface area contributed by atoms with E-state index >= 15 is 0 Å². The van der Waals surface area contributed by atoms with Gasteiger partial charge in [-0.2, -0.15) is 10.5 Å². The summed E-state index contributed by atoms with van der Waals surface area (Å²) in [7, 11) is 1.79. The fourth-order valence-corrected chi connectivity index (χ4v) is 3.26. The Hall–Kier alpha value is -3.31. The molecule has 0 unspecified atom stereocenters. The van der Waals surface area contributed by atoms with Crippen LogP contribution in [0.2, 0.25) is 5.02 Å². The zero-order valence-corrected chi connectivity index (χ0v) is 17.6. The lowest BCUT2D eigenvalue weighted by Crippen LogP contribution is -2.49. The number of rotatable bonds is 8. The molecule has 2 aromatic rings. The predicted octanol–water partition coefficient (Wildman–Crippen LogP) is 2.72. The summed E-state index contributed by atoms with van der Waals surface area (Å²) in [6.07, 6.45) is 0.710. The number of halogens is 1. The highest BCUT2D eigenvalue weighted by molar-refractivity contribution is 6.52. The first-order chi connectivity index (χ1) is 14.9. The van der Waals surface area contributed by atoms with Gasteiger partial charge in [-0.05, 0) is 25.2 Å². The summed E-state index contributed by atoms with van der Waals surface area (Å²) in [6, 6.07) is 4.83. The Morgan fingerprint density at radius 1 is 1.32 bits per heavy atom. The Morgan fingerprint density at radius 3 is 2.71 bits per heavy atom. The summed E-state index contributed by atoms with van der Waals surface area (Å²) in [4.78, 5) is 32.1. The van der Waals surface area contributed by atoms with Crippen LogP contribution in [0.1, 0.15) is 16.1 Å². The molecule has 1 aliphatic rings. The molecule has 0 aliphatic carbocycles. The molecule has 3 rings (SSSR count). The number of oxazole rings is 1. The largest absolute Gasteiger partial charge is 0.448 e. The van der Waals surface area contributed by atoms with Gasteiger partial charge in [-0.3, -0.25) is 10.2 Å². The van der Waals surface area contributed by atoms with E-state index in [1.165, 1.54) is 0 Å². The Labute approximate surface area is 183 Å². The first-order valence-corrected chi connectivity index (χ1v) is 9.89. The van der Waals surface area contributed by atoms with Crippen molar-refractivity contribution in [1.82, 2.24) is 15.2 Å². The van der Waals surface area contributed by atoms with Crippen LogP contribution in [0.15, 0.2) is 34.0 Å². The molecule has 2 heterocycles. The molecule has 1 amide bonds. The number of ketones is 1. The van der Waals surface area contributed by atoms with Crippen molar-refractivity contribution in [3.8, 4) is 0 Å². The van der Waals surface area contributed by atoms with E-state index < -0.39 is 5.78 Å². The fourth-order valence-electron chi connectivity index (χ4n) is 3.05. The molecule has 0 saturated carbocycles. The third-order valence-corrected chi connectivity index (χ3v) is 5.08. The van der Waals surface area contributed by atoms with Crippen LogP contribution in [-0.2, 0) is 4.74 Å². The lowest BCUT2D eigenvalue weighted by atomic mass is 10.0. The van der Waals surface area contributed by atoms with Gasteiger partial charge in [-0.15, -0.1) is 5.11 Å². The molecule has 31 heavy (non-hydrogen) atoms. The van der Waals surface area contributed by atoms with Crippen molar-refractivity contribution in [2.24, 2.45) is 5.11 Å². The van der Waals surface area contributed by atoms with Gasteiger partial charge in [0, 0.05) is 44.0 Å². The quantitative estimate of drug-likeness (QED) is 0.244. The molecule has 0 bridgehead atoms. The van der Waals surface area contributed by atoms with Gasteiger partial charge in [-0.1, -0.05) is 11.6 Å². The van der Waals surface area contributed by atoms with Gasteiger partial charge >= 0.3 is 12.1 Å². The van der Waals surface area contributed by atoms with Gasteiger partial charge in [0.2, 0.25) is 5.78 Å². The molecule has 1 saturated heterocycles.